The van der Waals surface area contributed by atoms with Crippen molar-refractivity contribution in [2.45, 2.75) is 37.6 Å². The fourth-order valence-electron chi connectivity index (χ4n) is 3.13. The molecule has 12 heteroatoms. The number of anilines is 1. The van der Waals surface area contributed by atoms with E-state index in [1.165, 1.54) is 6.92 Å². The number of aliphatic hydroxyl groups is 3. The number of hydrogen-bond acceptors (Lipinski definition) is 10. The number of ether oxygens (including phenoxy) is 4. The lowest BCUT2D eigenvalue weighted by molar-refractivity contribution is -0.272. The third kappa shape index (κ3) is 8.85. The Labute approximate surface area is 191 Å². The predicted octanol–water partition coefficient (Wildman–Crippen LogP) is -2.01. The van der Waals surface area contributed by atoms with Gasteiger partial charge in [0.1, 0.15) is 24.4 Å². The van der Waals surface area contributed by atoms with Crippen LogP contribution in [0.15, 0.2) is 24.3 Å². The molecule has 0 aliphatic carbocycles. The molecule has 1 aliphatic heterocycles. The number of benzene rings is 1. The quantitative estimate of drug-likeness (QED) is 0.139. The van der Waals surface area contributed by atoms with Crippen molar-refractivity contribution in [1.29, 1.82) is 0 Å². The maximum atomic E-state index is 11.9. The molecule has 2 rings (SSSR count). The topological polar surface area (TPSA) is 182 Å². The second-order valence-electron chi connectivity index (χ2n) is 7.41. The molecule has 1 aliphatic rings. The number of amides is 2. The second-order valence-corrected chi connectivity index (χ2v) is 7.41. The zero-order chi connectivity index (χ0) is 24.2. The predicted molar refractivity (Wildman–Crippen MR) is 116 cm³/mol. The molecular formula is C21H33N3O9. The van der Waals surface area contributed by atoms with Gasteiger partial charge < -0.3 is 50.6 Å². The molecule has 1 aromatic rings. The summed E-state index contributed by atoms with van der Waals surface area (Å²) in [6.07, 6.45) is -4.82. The van der Waals surface area contributed by atoms with Crippen LogP contribution in [-0.2, 0) is 23.7 Å². The van der Waals surface area contributed by atoms with Gasteiger partial charge in [-0.05, 0) is 24.3 Å². The standard InChI is InChI=1S/C21H33N3O9/c1-13(26)24-17-19(28)18(27)16(12-25)33-21(17)32-11-10-31-9-8-30-7-6-23-20(29)14-2-4-15(22)5-3-14/h2-5,16-19,21,25,27-28H,6-12,22H2,1H3,(H,23,29)(H,24,26). The van der Waals surface area contributed by atoms with E-state index in [0.717, 1.165) is 0 Å². The zero-order valence-electron chi connectivity index (χ0n) is 18.5. The number of aliphatic hydroxyl groups excluding tert-OH is 3. The number of nitrogen functional groups attached to an aromatic ring is 1. The van der Waals surface area contributed by atoms with Gasteiger partial charge in [-0.3, -0.25) is 9.59 Å². The van der Waals surface area contributed by atoms with Gasteiger partial charge >= 0.3 is 0 Å². The fourth-order valence-corrected chi connectivity index (χ4v) is 3.13. The van der Waals surface area contributed by atoms with E-state index in [9.17, 15) is 24.9 Å². The maximum absolute atomic E-state index is 11.9. The smallest absolute Gasteiger partial charge is 0.251 e. The number of hydrogen-bond donors (Lipinski definition) is 6. The molecule has 0 spiro atoms. The van der Waals surface area contributed by atoms with Gasteiger partial charge in [-0.1, -0.05) is 0 Å². The van der Waals surface area contributed by atoms with Crippen molar-refractivity contribution in [3.05, 3.63) is 29.8 Å². The normalized spacial score (nSPS) is 24.9. The highest BCUT2D eigenvalue weighted by molar-refractivity contribution is 5.94. The van der Waals surface area contributed by atoms with Gasteiger partial charge in [0.15, 0.2) is 6.29 Å². The molecule has 12 nitrogen and oxygen atoms in total. The summed E-state index contributed by atoms with van der Waals surface area (Å²) in [5, 5.41) is 34.7. The highest BCUT2D eigenvalue weighted by atomic mass is 16.7. The number of carbonyl (C=O) groups excluding carboxylic acids is 2. The highest BCUT2D eigenvalue weighted by Gasteiger charge is 2.45. The van der Waals surface area contributed by atoms with Gasteiger partial charge in [-0.15, -0.1) is 0 Å². The van der Waals surface area contributed by atoms with Gasteiger partial charge in [0, 0.05) is 24.7 Å². The third-order valence-corrected chi connectivity index (χ3v) is 4.84. The number of rotatable bonds is 13. The Balaban J connectivity index is 1.56. The lowest BCUT2D eigenvalue weighted by Crippen LogP contribution is -2.64. The van der Waals surface area contributed by atoms with Crippen molar-refractivity contribution in [3.63, 3.8) is 0 Å². The molecule has 7 N–H and O–H groups in total. The Morgan fingerprint density at radius 3 is 2.30 bits per heavy atom. The summed E-state index contributed by atoms with van der Waals surface area (Å²) in [5.74, 6) is -0.639. The molecule has 0 radical (unpaired) electrons. The van der Waals surface area contributed by atoms with Gasteiger partial charge in [0.05, 0.1) is 39.6 Å². The molecule has 5 unspecified atom stereocenters. The van der Waals surface area contributed by atoms with Crippen LogP contribution in [0.4, 0.5) is 5.69 Å². The molecule has 1 saturated heterocycles. The molecule has 2 amide bonds. The zero-order valence-corrected chi connectivity index (χ0v) is 18.5. The van der Waals surface area contributed by atoms with Gasteiger partial charge in [0.2, 0.25) is 5.91 Å². The van der Waals surface area contributed by atoms with Crippen molar-refractivity contribution in [2.75, 3.05) is 51.9 Å². The molecule has 186 valence electrons. The molecular weight excluding hydrogens is 438 g/mol. The average Bonchev–Trinajstić information content (AvgIpc) is 2.79. The Hall–Kier alpha value is -2.32. The van der Waals surface area contributed by atoms with Crippen LogP contribution in [0.3, 0.4) is 0 Å². The van der Waals surface area contributed by atoms with E-state index in [-0.39, 0.29) is 25.7 Å². The molecule has 1 fully saturated rings. The third-order valence-electron chi connectivity index (χ3n) is 4.84. The van der Waals surface area contributed by atoms with Crippen LogP contribution in [0, 0.1) is 0 Å². The van der Waals surface area contributed by atoms with Crippen LogP contribution in [0.5, 0.6) is 0 Å². The highest BCUT2D eigenvalue weighted by Crippen LogP contribution is 2.22. The van der Waals surface area contributed by atoms with Crippen LogP contribution in [0.1, 0.15) is 17.3 Å². The molecule has 33 heavy (non-hydrogen) atoms. The monoisotopic (exact) mass is 471 g/mol. The van der Waals surface area contributed by atoms with Gasteiger partial charge in [-0.25, -0.2) is 0 Å². The summed E-state index contributed by atoms with van der Waals surface area (Å²) in [6.45, 7) is 2.28. The Morgan fingerprint density at radius 1 is 1.03 bits per heavy atom. The van der Waals surface area contributed by atoms with Crippen molar-refractivity contribution in [2.24, 2.45) is 0 Å². The molecule has 5 atom stereocenters. The minimum Gasteiger partial charge on any atom is -0.399 e. The molecule has 0 saturated carbocycles. The van der Waals surface area contributed by atoms with Crippen molar-refractivity contribution in [1.82, 2.24) is 10.6 Å². The lowest BCUT2D eigenvalue weighted by Gasteiger charge is -2.42. The fraction of sp³-hybridized carbons (Fsp3) is 0.619. The van der Waals surface area contributed by atoms with E-state index < -0.39 is 43.2 Å². The summed E-state index contributed by atoms with van der Waals surface area (Å²) < 4.78 is 21.8. The van der Waals surface area contributed by atoms with Crippen molar-refractivity contribution in [3.8, 4) is 0 Å². The van der Waals surface area contributed by atoms with Crippen LogP contribution < -0.4 is 16.4 Å². The van der Waals surface area contributed by atoms with E-state index in [2.05, 4.69) is 10.6 Å². The summed E-state index contributed by atoms with van der Waals surface area (Å²) >= 11 is 0. The summed E-state index contributed by atoms with van der Waals surface area (Å²) in [4.78, 5) is 23.3. The molecule has 0 bridgehead atoms. The van der Waals surface area contributed by atoms with Crippen LogP contribution in [0.25, 0.3) is 0 Å². The summed E-state index contributed by atoms with van der Waals surface area (Å²) in [7, 11) is 0. The average molecular weight is 472 g/mol. The van der Waals surface area contributed by atoms with Crippen LogP contribution >= 0.6 is 0 Å². The molecule has 1 heterocycles. The Bertz CT molecular complexity index is 734. The van der Waals surface area contributed by atoms with Crippen LogP contribution in [-0.4, -0.2) is 104 Å². The Morgan fingerprint density at radius 2 is 1.67 bits per heavy atom. The SMILES string of the molecule is CC(=O)NC1C(OCCOCCOCCNC(=O)c2ccc(N)cc2)OC(CO)C(O)C1O. The summed E-state index contributed by atoms with van der Waals surface area (Å²) in [5.41, 5.74) is 6.69. The van der Waals surface area contributed by atoms with E-state index in [0.29, 0.717) is 31.0 Å². The van der Waals surface area contributed by atoms with Crippen molar-refractivity contribution < 1.29 is 43.9 Å². The van der Waals surface area contributed by atoms with Gasteiger partial charge in [0.25, 0.3) is 5.91 Å². The Kier molecular flexibility index (Phi) is 11.5. The first-order chi connectivity index (χ1) is 15.8. The van der Waals surface area contributed by atoms with Crippen LogP contribution in [0.2, 0.25) is 0 Å². The second kappa shape index (κ2) is 14.1. The first-order valence-corrected chi connectivity index (χ1v) is 10.6. The minimum atomic E-state index is -1.36. The first kappa shape index (κ1) is 26.9. The van der Waals surface area contributed by atoms with E-state index >= 15 is 0 Å². The minimum absolute atomic E-state index is 0.0827. The number of nitrogens with one attached hydrogen (secondary N) is 2. The first-order valence-electron chi connectivity index (χ1n) is 10.6. The van der Waals surface area contributed by atoms with Crippen molar-refractivity contribution >= 4 is 17.5 Å². The van der Waals surface area contributed by atoms with E-state index in [1.54, 1.807) is 24.3 Å². The summed E-state index contributed by atoms with van der Waals surface area (Å²) in [6, 6.07) is 5.61. The lowest BCUT2D eigenvalue weighted by atomic mass is 9.97. The molecule has 1 aromatic carbocycles. The number of nitrogens with two attached hydrogens (primary N) is 1. The van der Waals surface area contributed by atoms with Gasteiger partial charge in [-0.2, -0.15) is 0 Å². The maximum Gasteiger partial charge on any atom is 0.251 e. The van der Waals surface area contributed by atoms with E-state index in [4.69, 9.17) is 24.7 Å². The largest absolute Gasteiger partial charge is 0.399 e. The number of carbonyl (C=O) groups is 2. The molecule has 0 aromatic heterocycles. The van der Waals surface area contributed by atoms with E-state index in [1.807, 2.05) is 0 Å².